The Balaban J connectivity index is 1.42. The second-order valence-electron chi connectivity index (χ2n) is 5.77. The smallest absolute Gasteiger partial charge is 0.240 e. The molecule has 1 saturated heterocycles. The third-order valence-electron chi connectivity index (χ3n) is 3.91. The van der Waals surface area contributed by atoms with Crippen LogP contribution in [0.4, 0.5) is 0 Å². The van der Waals surface area contributed by atoms with E-state index in [0.717, 1.165) is 19.4 Å². The zero-order valence-corrected chi connectivity index (χ0v) is 14.3. The fourth-order valence-electron chi connectivity index (χ4n) is 2.65. The first kappa shape index (κ1) is 17.5. The molecule has 0 aliphatic carbocycles. The van der Waals surface area contributed by atoms with Gasteiger partial charge in [0.1, 0.15) is 13.2 Å². The van der Waals surface area contributed by atoms with Gasteiger partial charge >= 0.3 is 0 Å². The predicted molar refractivity (Wildman–Crippen MR) is 87.0 cm³/mol. The van der Waals surface area contributed by atoms with Crippen LogP contribution in [0.25, 0.3) is 0 Å². The molecule has 7 nitrogen and oxygen atoms in total. The topological polar surface area (TPSA) is 83.1 Å². The lowest BCUT2D eigenvalue weighted by Gasteiger charge is -2.19. The van der Waals surface area contributed by atoms with Crippen LogP contribution in [-0.2, 0) is 19.5 Å². The van der Waals surface area contributed by atoms with Crippen molar-refractivity contribution >= 4 is 10.0 Å². The van der Waals surface area contributed by atoms with Gasteiger partial charge in [-0.05, 0) is 31.4 Å². The lowest BCUT2D eigenvalue weighted by Crippen LogP contribution is -2.26. The lowest BCUT2D eigenvalue weighted by atomic mass is 10.2. The molecule has 24 heavy (non-hydrogen) atoms. The molecule has 1 atom stereocenters. The summed E-state index contributed by atoms with van der Waals surface area (Å²) in [4.78, 5) is 0.173. The summed E-state index contributed by atoms with van der Waals surface area (Å²) in [7, 11) is -3.56. The van der Waals surface area contributed by atoms with Crippen molar-refractivity contribution in [3.8, 4) is 11.5 Å². The molecule has 2 aliphatic rings. The first-order valence-electron chi connectivity index (χ1n) is 8.24. The van der Waals surface area contributed by atoms with E-state index in [9.17, 15) is 8.42 Å². The summed E-state index contributed by atoms with van der Waals surface area (Å²) < 4.78 is 48.9. The third kappa shape index (κ3) is 4.60. The number of rotatable bonds is 8. The van der Waals surface area contributed by atoms with Gasteiger partial charge in [-0.25, -0.2) is 13.1 Å². The van der Waals surface area contributed by atoms with Crippen LogP contribution in [0.2, 0.25) is 0 Å². The van der Waals surface area contributed by atoms with Crippen molar-refractivity contribution < 1.29 is 27.4 Å². The molecule has 0 bridgehead atoms. The first-order valence-corrected chi connectivity index (χ1v) is 9.72. The summed E-state index contributed by atoms with van der Waals surface area (Å²) in [5, 5.41) is 0. The molecular weight excluding hydrogens is 334 g/mol. The maximum Gasteiger partial charge on any atom is 0.240 e. The number of hydrogen-bond acceptors (Lipinski definition) is 6. The van der Waals surface area contributed by atoms with E-state index in [-0.39, 0.29) is 11.0 Å². The molecule has 1 N–H and O–H groups in total. The average Bonchev–Trinajstić information content (AvgIpc) is 3.11. The summed E-state index contributed by atoms with van der Waals surface area (Å²) in [6, 6.07) is 4.63. The fourth-order valence-corrected chi connectivity index (χ4v) is 3.73. The standard InChI is InChI=1S/C16H23NO6S/c18-24(19,14-4-5-15-16(11-14)23-10-9-22-15)17-6-2-7-20-12-13-3-1-8-21-13/h4-5,11,13,17H,1-3,6-10,12H2. The normalized spacial score (nSPS) is 20.2. The SMILES string of the molecule is O=S(=O)(NCCCOCC1CCCO1)c1ccc2c(c1)OCCO2. The van der Waals surface area contributed by atoms with Gasteiger partial charge in [0, 0.05) is 25.8 Å². The molecule has 0 aromatic heterocycles. The minimum absolute atomic E-state index is 0.173. The molecule has 8 heteroatoms. The van der Waals surface area contributed by atoms with Crippen LogP contribution in [-0.4, -0.2) is 54.1 Å². The molecule has 1 fully saturated rings. The predicted octanol–water partition coefficient (Wildman–Crippen LogP) is 1.32. The Morgan fingerprint density at radius 1 is 1.17 bits per heavy atom. The van der Waals surface area contributed by atoms with Gasteiger partial charge in [-0.1, -0.05) is 0 Å². The third-order valence-corrected chi connectivity index (χ3v) is 5.37. The average molecular weight is 357 g/mol. The molecule has 1 unspecified atom stereocenters. The number of ether oxygens (including phenoxy) is 4. The van der Waals surface area contributed by atoms with Crippen LogP contribution in [0.5, 0.6) is 11.5 Å². The number of sulfonamides is 1. The van der Waals surface area contributed by atoms with Crippen LogP contribution < -0.4 is 14.2 Å². The van der Waals surface area contributed by atoms with Gasteiger partial charge in [0.15, 0.2) is 11.5 Å². The number of benzene rings is 1. The second kappa shape index (κ2) is 8.15. The Morgan fingerprint density at radius 2 is 2.00 bits per heavy atom. The molecule has 0 amide bonds. The van der Waals surface area contributed by atoms with Gasteiger partial charge in [0.05, 0.1) is 17.6 Å². The quantitative estimate of drug-likeness (QED) is 0.707. The molecule has 2 heterocycles. The van der Waals surface area contributed by atoms with Crippen molar-refractivity contribution in [2.24, 2.45) is 0 Å². The fraction of sp³-hybridized carbons (Fsp3) is 0.625. The summed E-state index contributed by atoms with van der Waals surface area (Å²) in [5.41, 5.74) is 0. The molecule has 2 aliphatic heterocycles. The number of nitrogens with one attached hydrogen (secondary N) is 1. The first-order chi connectivity index (χ1) is 11.6. The van der Waals surface area contributed by atoms with E-state index in [2.05, 4.69) is 4.72 Å². The van der Waals surface area contributed by atoms with Crippen molar-refractivity contribution in [1.29, 1.82) is 0 Å². The van der Waals surface area contributed by atoms with E-state index in [1.807, 2.05) is 0 Å². The van der Waals surface area contributed by atoms with Gasteiger partial charge in [-0.2, -0.15) is 0 Å². The summed E-state index contributed by atoms with van der Waals surface area (Å²) >= 11 is 0. The zero-order valence-electron chi connectivity index (χ0n) is 13.5. The Labute approximate surface area is 142 Å². The highest BCUT2D eigenvalue weighted by Crippen LogP contribution is 2.32. The second-order valence-corrected chi connectivity index (χ2v) is 7.53. The van der Waals surface area contributed by atoms with Crippen LogP contribution in [0.3, 0.4) is 0 Å². The maximum atomic E-state index is 12.3. The molecular formula is C16H23NO6S. The zero-order chi connectivity index (χ0) is 16.8. The highest BCUT2D eigenvalue weighted by Gasteiger charge is 2.19. The van der Waals surface area contributed by atoms with Crippen LogP contribution in [0.15, 0.2) is 23.1 Å². The molecule has 0 radical (unpaired) electrons. The lowest BCUT2D eigenvalue weighted by molar-refractivity contribution is 0.0169. The highest BCUT2D eigenvalue weighted by molar-refractivity contribution is 7.89. The van der Waals surface area contributed by atoms with E-state index in [1.165, 1.54) is 12.1 Å². The molecule has 0 spiro atoms. The number of hydrogen-bond donors (Lipinski definition) is 1. The van der Waals surface area contributed by atoms with Crippen molar-refractivity contribution in [1.82, 2.24) is 4.72 Å². The molecule has 134 valence electrons. The van der Waals surface area contributed by atoms with E-state index >= 15 is 0 Å². The van der Waals surface area contributed by atoms with Gasteiger partial charge < -0.3 is 18.9 Å². The number of fused-ring (bicyclic) bond motifs is 1. The minimum atomic E-state index is -3.56. The monoisotopic (exact) mass is 357 g/mol. The van der Waals surface area contributed by atoms with Crippen molar-refractivity contribution in [2.75, 3.05) is 39.6 Å². The molecule has 1 aromatic carbocycles. The largest absolute Gasteiger partial charge is 0.486 e. The highest BCUT2D eigenvalue weighted by atomic mass is 32.2. The van der Waals surface area contributed by atoms with Crippen LogP contribution in [0.1, 0.15) is 19.3 Å². The van der Waals surface area contributed by atoms with E-state index in [0.29, 0.717) is 50.9 Å². The van der Waals surface area contributed by atoms with Crippen molar-refractivity contribution in [3.63, 3.8) is 0 Å². The van der Waals surface area contributed by atoms with Crippen LogP contribution in [0, 0.1) is 0 Å². The minimum Gasteiger partial charge on any atom is -0.486 e. The summed E-state index contributed by atoms with van der Waals surface area (Å²) in [6.45, 7) is 3.11. The molecule has 3 rings (SSSR count). The van der Waals surface area contributed by atoms with E-state index < -0.39 is 10.0 Å². The van der Waals surface area contributed by atoms with Gasteiger partial charge in [-0.15, -0.1) is 0 Å². The van der Waals surface area contributed by atoms with Gasteiger partial charge in [0.25, 0.3) is 0 Å². The summed E-state index contributed by atoms with van der Waals surface area (Å²) in [6.07, 6.45) is 2.93. The van der Waals surface area contributed by atoms with Crippen LogP contribution >= 0.6 is 0 Å². The Kier molecular flexibility index (Phi) is 5.94. The maximum absolute atomic E-state index is 12.3. The molecule has 0 saturated carbocycles. The van der Waals surface area contributed by atoms with E-state index in [4.69, 9.17) is 18.9 Å². The summed E-state index contributed by atoms with van der Waals surface area (Å²) in [5.74, 6) is 1.03. The van der Waals surface area contributed by atoms with Gasteiger partial charge in [-0.3, -0.25) is 0 Å². The Morgan fingerprint density at radius 3 is 2.79 bits per heavy atom. The van der Waals surface area contributed by atoms with Gasteiger partial charge in [0.2, 0.25) is 10.0 Å². The Hall–Kier alpha value is -1.35. The van der Waals surface area contributed by atoms with Crippen molar-refractivity contribution in [2.45, 2.75) is 30.3 Å². The van der Waals surface area contributed by atoms with E-state index in [1.54, 1.807) is 6.07 Å². The Bertz CT molecular complexity index is 642. The van der Waals surface area contributed by atoms with Crippen molar-refractivity contribution in [3.05, 3.63) is 18.2 Å². The molecule has 1 aromatic rings.